The second-order valence-electron chi connectivity index (χ2n) is 15.7. The molecule has 0 aliphatic carbocycles. The maximum Gasteiger partial charge on any atom is 0.164 e. The molecule has 0 bridgehead atoms. The van der Waals surface area contributed by atoms with Crippen LogP contribution in [0.25, 0.3) is 113 Å². The molecule has 7 aromatic carbocycles. The molecule has 0 amide bonds. The van der Waals surface area contributed by atoms with Gasteiger partial charge in [0.25, 0.3) is 0 Å². The Bertz CT molecular complexity index is 3380. The molecule has 8 nitrogen and oxygen atoms in total. The smallest absolute Gasteiger partial charge is 0.164 e. The molecule has 0 unspecified atom stereocenters. The molecule has 11 aromatic rings. The van der Waals surface area contributed by atoms with Crippen molar-refractivity contribution in [3.05, 3.63) is 231 Å². The molecular weight excluding hydrogens is 809 g/mol. The Morgan fingerprint density at radius 2 is 0.576 bits per heavy atom. The fourth-order valence-electron chi connectivity index (χ4n) is 7.95. The van der Waals surface area contributed by atoms with Gasteiger partial charge in [-0.15, -0.1) is 0 Å². The van der Waals surface area contributed by atoms with Crippen molar-refractivity contribution in [2.24, 2.45) is 0 Å². The minimum Gasteiger partial charge on any atom is -0.264 e. The zero-order valence-electron chi connectivity index (χ0n) is 35.5. The highest BCUT2D eigenvalue weighted by Crippen LogP contribution is 2.36. The van der Waals surface area contributed by atoms with Crippen LogP contribution in [0.15, 0.2) is 231 Å². The highest BCUT2D eigenvalue weighted by Gasteiger charge is 2.17. The third-order valence-electron chi connectivity index (χ3n) is 11.3. The highest BCUT2D eigenvalue weighted by atomic mass is 15.0. The van der Waals surface area contributed by atoms with Gasteiger partial charge in [-0.1, -0.05) is 164 Å². The van der Waals surface area contributed by atoms with E-state index < -0.39 is 0 Å². The van der Waals surface area contributed by atoms with Crippen LogP contribution >= 0.6 is 0 Å². The Kier molecular flexibility index (Phi) is 10.8. The molecule has 0 spiro atoms. The van der Waals surface area contributed by atoms with E-state index in [2.05, 4.69) is 102 Å². The first-order valence-electron chi connectivity index (χ1n) is 21.6. The van der Waals surface area contributed by atoms with Crippen molar-refractivity contribution in [1.29, 1.82) is 0 Å². The normalized spacial score (nSPS) is 11.0. The minimum absolute atomic E-state index is 0.577. The van der Waals surface area contributed by atoms with Crippen LogP contribution in [0, 0.1) is 0 Å². The molecule has 8 heteroatoms. The molecule has 0 atom stereocenters. The van der Waals surface area contributed by atoms with Gasteiger partial charge in [0.15, 0.2) is 34.9 Å². The SMILES string of the molecule is c1ccc(-c2nc(-c3ccccc3)nc(-c3cccc(-c4cc(-c5cccc(-c6nc(-c7ccccc7)nc(-c7ccc(-c8cccnc8)cc7)n6)c5)cc(-c5ccccn5)c4)c3)n2)cc1. The Morgan fingerprint density at radius 3 is 1.02 bits per heavy atom. The number of rotatable bonds is 10. The standard InChI is InChI=1S/C58H38N8/c1-4-15-40(16-5-1)53-61-54(41-17-6-2-7-18-41)64-57(63-53)46-23-12-21-44(33-46)49-35-50(37-51(36-49)52-26-10-11-32-60-52)45-22-13-24-47(34-45)58-65-55(42-19-8-3-9-20-42)62-56(66-58)43-29-27-39(28-30-43)48-25-14-31-59-38-48/h1-38H. The fourth-order valence-corrected chi connectivity index (χ4v) is 7.95. The summed E-state index contributed by atoms with van der Waals surface area (Å²) < 4.78 is 0. The number of hydrogen-bond donors (Lipinski definition) is 0. The summed E-state index contributed by atoms with van der Waals surface area (Å²) in [6.45, 7) is 0. The van der Waals surface area contributed by atoms with Crippen LogP contribution in [0.4, 0.5) is 0 Å². The van der Waals surface area contributed by atoms with E-state index in [-0.39, 0.29) is 0 Å². The van der Waals surface area contributed by atoms with Crippen LogP contribution in [0.3, 0.4) is 0 Å². The summed E-state index contributed by atoms with van der Waals surface area (Å²) in [7, 11) is 0. The average Bonchev–Trinajstić information content (AvgIpc) is 3.42. The van der Waals surface area contributed by atoms with Crippen molar-refractivity contribution in [1.82, 2.24) is 39.9 Å². The van der Waals surface area contributed by atoms with E-state index in [1.54, 1.807) is 6.20 Å². The third-order valence-corrected chi connectivity index (χ3v) is 11.3. The Morgan fingerprint density at radius 1 is 0.212 bits per heavy atom. The molecule has 11 rings (SSSR count). The van der Waals surface area contributed by atoms with Gasteiger partial charge in [0, 0.05) is 57.5 Å². The van der Waals surface area contributed by atoms with E-state index in [9.17, 15) is 0 Å². The van der Waals surface area contributed by atoms with E-state index in [0.717, 1.165) is 78.0 Å². The maximum atomic E-state index is 5.10. The van der Waals surface area contributed by atoms with Gasteiger partial charge in [-0.3, -0.25) is 9.97 Å². The van der Waals surface area contributed by atoms with Gasteiger partial charge >= 0.3 is 0 Å². The second-order valence-corrected chi connectivity index (χ2v) is 15.7. The highest BCUT2D eigenvalue weighted by molar-refractivity contribution is 5.83. The average molecular weight is 847 g/mol. The van der Waals surface area contributed by atoms with Crippen LogP contribution in [0.2, 0.25) is 0 Å². The number of pyridine rings is 2. The van der Waals surface area contributed by atoms with E-state index in [0.29, 0.717) is 34.9 Å². The molecule has 0 radical (unpaired) electrons. The monoisotopic (exact) mass is 846 g/mol. The quantitative estimate of drug-likeness (QED) is 0.134. The first-order chi connectivity index (χ1) is 32.7. The Labute approximate surface area is 382 Å². The molecule has 0 saturated heterocycles. The lowest BCUT2D eigenvalue weighted by molar-refractivity contribution is 1.07. The van der Waals surface area contributed by atoms with Gasteiger partial charge < -0.3 is 0 Å². The van der Waals surface area contributed by atoms with Gasteiger partial charge in [-0.25, -0.2) is 29.9 Å². The van der Waals surface area contributed by atoms with E-state index in [4.69, 9.17) is 34.9 Å². The molecule has 0 saturated carbocycles. The van der Waals surface area contributed by atoms with E-state index >= 15 is 0 Å². The summed E-state index contributed by atoms with van der Waals surface area (Å²) in [5.74, 6) is 3.59. The predicted octanol–water partition coefficient (Wildman–Crippen LogP) is 13.5. The summed E-state index contributed by atoms with van der Waals surface area (Å²) in [5, 5.41) is 0. The van der Waals surface area contributed by atoms with Crippen LogP contribution < -0.4 is 0 Å². The molecule has 0 fully saturated rings. The van der Waals surface area contributed by atoms with Crippen LogP contribution in [0.1, 0.15) is 0 Å². The van der Waals surface area contributed by atoms with E-state index in [1.807, 2.05) is 128 Å². The largest absolute Gasteiger partial charge is 0.264 e. The zero-order chi connectivity index (χ0) is 44.1. The van der Waals surface area contributed by atoms with Gasteiger partial charge in [-0.2, -0.15) is 0 Å². The zero-order valence-corrected chi connectivity index (χ0v) is 35.5. The van der Waals surface area contributed by atoms with Crippen LogP contribution in [-0.4, -0.2) is 39.9 Å². The van der Waals surface area contributed by atoms with Crippen LogP contribution in [0.5, 0.6) is 0 Å². The first-order valence-corrected chi connectivity index (χ1v) is 21.6. The third kappa shape index (κ3) is 8.50. The van der Waals surface area contributed by atoms with Gasteiger partial charge in [0.2, 0.25) is 0 Å². The van der Waals surface area contributed by atoms with Crippen molar-refractivity contribution in [3.63, 3.8) is 0 Å². The molecule has 0 aliphatic rings. The predicted molar refractivity (Wildman–Crippen MR) is 263 cm³/mol. The van der Waals surface area contributed by atoms with Crippen molar-refractivity contribution < 1.29 is 0 Å². The number of nitrogens with zero attached hydrogens (tertiary/aromatic N) is 8. The number of aromatic nitrogens is 8. The van der Waals surface area contributed by atoms with Crippen molar-refractivity contribution in [2.45, 2.75) is 0 Å². The van der Waals surface area contributed by atoms with Crippen molar-refractivity contribution in [2.75, 3.05) is 0 Å². The lowest BCUT2D eigenvalue weighted by Crippen LogP contribution is -2.00. The fraction of sp³-hybridized carbons (Fsp3) is 0. The number of benzene rings is 7. The molecule has 0 N–H and O–H groups in total. The molecule has 310 valence electrons. The summed E-state index contributed by atoms with van der Waals surface area (Å²) in [5.41, 5.74) is 13.4. The molecule has 4 aromatic heterocycles. The lowest BCUT2D eigenvalue weighted by Gasteiger charge is -2.13. The number of hydrogen-bond acceptors (Lipinski definition) is 8. The maximum absolute atomic E-state index is 5.10. The summed E-state index contributed by atoms with van der Waals surface area (Å²) >= 11 is 0. The summed E-state index contributed by atoms with van der Waals surface area (Å²) in [4.78, 5) is 39.2. The molecular formula is C58H38N8. The molecule has 0 aliphatic heterocycles. The molecule has 66 heavy (non-hydrogen) atoms. The first kappa shape index (κ1) is 39.7. The van der Waals surface area contributed by atoms with Crippen LogP contribution in [-0.2, 0) is 0 Å². The van der Waals surface area contributed by atoms with Crippen molar-refractivity contribution in [3.8, 4) is 113 Å². The summed E-state index contributed by atoms with van der Waals surface area (Å²) in [6.07, 6.45) is 5.47. The van der Waals surface area contributed by atoms with Gasteiger partial charge in [-0.05, 0) is 81.9 Å². The van der Waals surface area contributed by atoms with Gasteiger partial charge in [0.1, 0.15) is 0 Å². The summed E-state index contributed by atoms with van der Waals surface area (Å²) in [6, 6.07) is 71.7. The second kappa shape index (κ2) is 17.9. The lowest BCUT2D eigenvalue weighted by atomic mass is 9.93. The van der Waals surface area contributed by atoms with E-state index in [1.165, 1.54) is 0 Å². The minimum atomic E-state index is 0.577. The van der Waals surface area contributed by atoms with Crippen molar-refractivity contribution >= 4 is 0 Å². The Balaban J connectivity index is 1.00. The Hall–Kier alpha value is -9.14. The van der Waals surface area contributed by atoms with Gasteiger partial charge in [0.05, 0.1) is 5.69 Å². The topological polar surface area (TPSA) is 103 Å². The molecule has 4 heterocycles.